The van der Waals surface area contributed by atoms with Crippen LogP contribution in [0.5, 0.6) is 0 Å². The van der Waals surface area contributed by atoms with E-state index in [1.54, 1.807) is 32.9 Å². The molecule has 0 saturated carbocycles. The molecule has 0 aliphatic carbocycles. The average molecular weight is 293 g/mol. The largest absolute Gasteiger partial charge is 0.324 e. The van der Waals surface area contributed by atoms with Gasteiger partial charge in [0, 0.05) is 12.1 Å². The van der Waals surface area contributed by atoms with Gasteiger partial charge < -0.3 is 5.73 Å². The van der Waals surface area contributed by atoms with Gasteiger partial charge in [-0.2, -0.15) is 0 Å². The van der Waals surface area contributed by atoms with Crippen LogP contribution in [-0.2, 0) is 10.0 Å². The minimum Gasteiger partial charge on any atom is -0.324 e. The first-order chi connectivity index (χ1) is 7.62. The number of sulfonamides is 1. The van der Waals surface area contributed by atoms with Gasteiger partial charge in [-0.25, -0.2) is 13.1 Å². The Morgan fingerprint density at radius 3 is 2.33 bits per heavy atom. The van der Waals surface area contributed by atoms with Crippen LogP contribution in [0.2, 0.25) is 0 Å². The molecule has 0 saturated heterocycles. The van der Waals surface area contributed by atoms with Crippen molar-refractivity contribution in [2.45, 2.75) is 38.1 Å². The van der Waals surface area contributed by atoms with Crippen LogP contribution in [0.4, 0.5) is 0 Å². The predicted octanol–water partition coefficient (Wildman–Crippen LogP) is 1.74. The molecule has 4 nitrogen and oxygen atoms in total. The summed E-state index contributed by atoms with van der Waals surface area (Å²) in [4.78, 5) is 0.321. The standard InChI is InChI=1S/C12H20N2O2S.ClH/c1-9-5-6-10(2)11(7-9)17(15,16)14-8-12(3,4)13;/h5-7,14H,8,13H2,1-4H3;1H. The minimum absolute atomic E-state index is 0. The average Bonchev–Trinajstić information content (AvgIpc) is 2.18. The van der Waals surface area contributed by atoms with Crippen molar-refractivity contribution in [1.29, 1.82) is 0 Å². The van der Waals surface area contributed by atoms with Crippen molar-refractivity contribution in [3.05, 3.63) is 29.3 Å². The Morgan fingerprint density at radius 1 is 1.28 bits per heavy atom. The Kier molecular flexibility index (Phi) is 5.81. The number of nitrogens with two attached hydrogens (primary N) is 1. The van der Waals surface area contributed by atoms with Crippen molar-refractivity contribution in [3.8, 4) is 0 Å². The molecule has 18 heavy (non-hydrogen) atoms. The molecule has 1 rings (SSSR count). The van der Waals surface area contributed by atoms with Crippen LogP contribution in [-0.4, -0.2) is 20.5 Å². The van der Waals surface area contributed by atoms with E-state index in [-0.39, 0.29) is 19.0 Å². The van der Waals surface area contributed by atoms with Gasteiger partial charge in [0.25, 0.3) is 0 Å². The maximum absolute atomic E-state index is 12.1. The molecule has 0 bridgehead atoms. The van der Waals surface area contributed by atoms with Crippen LogP contribution < -0.4 is 10.5 Å². The smallest absolute Gasteiger partial charge is 0.240 e. The number of hydrogen-bond donors (Lipinski definition) is 2. The lowest BCUT2D eigenvalue weighted by Gasteiger charge is -2.19. The van der Waals surface area contributed by atoms with Crippen molar-refractivity contribution in [2.24, 2.45) is 5.73 Å². The zero-order valence-corrected chi connectivity index (χ0v) is 12.8. The van der Waals surface area contributed by atoms with Crippen molar-refractivity contribution >= 4 is 22.4 Å². The third kappa shape index (κ3) is 4.94. The topological polar surface area (TPSA) is 72.2 Å². The first kappa shape index (κ1) is 17.4. The number of benzene rings is 1. The maximum atomic E-state index is 12.1. The number of rotatable bonds is 4. The lowest BCUT2D eigenvalue weighted by atomic mass is 10.1. The lowest BCUT2D eigenvalue weighted by Crippen LogP contribution is -2.45. The molecule has 0 amide bonds. The van der Waals surface area contributed by atoms with E-state index in [2.05, 4.69) is 4.72 Å². The van der Waals surface area contributed by atoms with E-state index < -0.39 is 15.6 Å². The highest BCUT2D eigenvalue weighted by Crippen LogP contribution is 2.16. The molecule has 104 valence electrons. The summed E-state index contributed by atoms with van der Waals surface area (Å²) in [5, 5.41) is 0. The molecule has 0 aromatic heterocycles. The van der Waals surface area contributed by atoms with Gasteiger partial charge in [-0.15, -0.1) is 12.4 Å². The Labute approximate surface area is 115 Å². The molecule has 6 heteroatoms. The molecule has 0 atom stereocenters. The van der Waals surface area contributed by atoms with Gasteiger partial charge in [0.1, 0.15) is 0 Å². The molecular weight excluding hydrogens is 272 g/mol. The predicted molar refractivity (Wildman–Crippen MR) is 76.6 cm³/mol. The van der Waals surface area contributed by atoms with Crippen LogP contribution in [0.25, 0.3) is 0 Å². The Balaban J connectivity index is 0.00000289. The van der Waals surface area contributed by atoms with E-state index in [4.69, 9.17) is 5.73 Å². The highest BCUT2D eigenvalue weighted by Gasteiger charge is 2.20. The molecule has 0 radical (unpaired) electrons. The quantitative estimate of drug-likeness (QED) is 0.888. The van der Waals surface area contributed by atoms with Gasteiger partial charge in [-0.05, 0) is 44.9 Å². The second kappa shape index (κ2) is 6.02. The Bertz CT molecular complexity index is 507. The summed E-state index contributed by atoms with van der Waals surface area (Å²) in [6.07, 6.45) is 0. The zero-order valence-electron chi connectivity index (χ0n) is 11.1. The molecule has 0 spiro atoms. The summed E-state index contributed by atoms with van der Waals surface area (Å²) in [5.74, 6) is 0. The summed E-state index contributed by atoms with van der Waals surface area (Å²) >= 11 is 0. The van der Waals surface area contributed by atoms with E-state index in [1.165, 1.54) is 0 Å². The van der Waals surface area contributed by atoms with E-state index in [0.717, 1.165) is 11.1 Å². The van der Waals surface area contributed by atoms with Gasteiger partial charge in [0.2, 0.25) is 10.0 Å². The van der Waals surface area contributed by atoms with Gasteiger partial charge in [-0.1, -0.05) is 12.1 Å². The minimum atomic E-state index is -3.48. The van der Waals surface area contributed by atoms with E-state index in [1.807, 2.05) is 13.0 Å². The van der Waals surface area contributed by atoms with Gasteiger partial charge >= 0.3 is 0 Å². The molecule has 3 N–H and O–H groups in total. The van der Waals surface area contributed by atoms with Crippen LogP contribution >= 0.6 is 12.4 Å². The molecule has 1 aromatic rings. The zero-order chi connectivity index (χ0) is 13.3. The third-order valence-corrected chi connectivity index (χ3v) is 3.89. The van der Waals surface area contributed by atoms with Gasteiger partial charge in [0.15, 0.2) is 0 Å². The molecule has 0 unspecified atom stereocenters. The summed E-state index contributed by atoms with van der Waals surface area (Å²) in [6, 6.07) is 5.36. The van der Waals surface area contributed by atoms with Crippen LogP contribution in [0.1, 0.15) is 25.0 Å². The fourth-order valence-corrected chi connectivity index (χ4v) is 2.91. The van der Waals surface area contributed by atoms with Crippen molar-refractivity contribution in [1.82, 2.24) is 4.72 Å². The summed E-state index contributed by atoms with van der Waals surface area (Å²) in [5.41, 5.74) is 6.85. The molecule has 0 aliphatic rings. The van der Waals surface area contributed by atoms with Gasteiger partial charge in [0.05, 0.1) is 4.90 Å². The second-order valence-electron chi connectivity index (χ2n) is 5.08. The van der Waals surface area contributed by atoms with Crippen LogP contribution in [0, 0.1) is 13.8 Å². The first-order valence-corrected chi connectivity index (χ1v) is 6.96. The second-order valence-corrected chi connectivity index (χ2v) is 6.82. The van der Waals surface area contributed by atoms with Gasteiger partial charge in [-0.3, -0.25) is 0 Å². The SMILES string of the molecule is Cc1ccc(C)c(S(=O)(=O)NCC(C)(C)N)c1.Cl. The molecule has 0 aliphatic heterocycles. The van der Waals surface area contributed by atoms with E-state index >= 15 is 0 Å². The first-order valence-electron chi connectivity index (χ1n) is 5.48. The molecule has 1 aromatic carbocycles. The molecular formula is C12H21ClN2O2S. The van der Waals surface area contributed by atoms with E-state index in [9.17, 15) is 8.42 Å². The number of halogens is 1. The number of aryl methyl sites for hydroxylation is 2. The molecule has 0 fully saturated rings. The summed E-state index contributed by atoms with van der Waals surface area (Å²) in [6.45, 7) is 7.41. The highest BCUT2D eigenvalue weighted by atomic mass is 35.5. The third-order valence-electron chi connectivity index (χ3n) is 2.35. The maximum Gasteiger partial charge on any atom is 0.240 e. The monoisotopic (exact) mass is 292 g/mol. The van der Waals surface area contributed by atoms with Crippen molar-refractivity contribution in [2.75, 3.05) is 6.54 Å². The number of hydrogen-bond acceptors (Lipinski definition) is 3. The van der Waals surface area contributed by atoms with Crippen molar-refractivity contribution < 1.29 is 8.42 Å². The fraction of sp³-hybridized carbons (Fsp3) is 0.500. The van der Waals surface area contributed by atoms with Crippen LogP contribution in [0.3, 0.4) is 0 Å². The normalized spacial score (nSPS) is 12.1. The Morgan fingerprint density at radius 2 is 1.83 bits per heavy atom. The van der Waals surface area contributed by atoms with Crippen molar-refractivity contribution in [3.63, 3.8) is 0 Å². The van der Waals surface area contributed by atoms with E-state index in [0.29, 0.717) is 4.90 Å². The lowest BCUT2D eigenvalue weighted by molar-refractivity contribution is 0.497. The summed E-state index contributed by atoms with van der Waals surface area (Å²) < 4.78 is 26.7. The summed E-state index contributed by atoms with van der Waals surface area (Å²) in [7, 11) is -3.48. The van der Waals surface area contributed by atoms with Crippen LogP contribution in [0.15, 0.2) is 23.1 Å². The Hall–Kier alpha value is -0.620. The highest BCUT2D eigenvalue weighted by molar-refractivity contribution is 7.89. The fourth-order valence-electron chi connectivity index (χ4n) is 1.36. The number of nitrogens with one attached hydrogen (secondary N) is 1. The molecule has 0 heterocycles.